The van der Waals surface area contributed by atoms with E-state index >= 15 is 0 Å². The van der Waals surface area contributed by atoms with Gasteiger partial charge in [-0.2, -0.15) is 0 Å². The lowest BCUT2D eigenvalue weighted by molar-refractivity contribution is -0.153. The average Bonchev–Trinajstić information content (AvgIpc) is 2.86. The Hall–Kier alpha value is -3.26. The SMILES string of the molecule is COC(=O)[C@H](CCCNC(=O)OCc1ccccc1)N(Cc1ccc(OC)cc1)C(=O)[C@H](C)Cl. The summed E-state index contributed by atoms with van der Waals surface area (Å²) in [5.74, 6) is -0.254. The van der Waals surface area contributed by atoms with Gasteiger partial charge < -0.3 is 24.4 Å². The Morgan fingerprint density at radius 1 is 1.00 bits per heavy atom. The Kier molecular flexibility index (Phi) is 11.2. The molecule has 0 aliphatic heterocycles. The molecule has 0 heterocycles. The Labute approximate surface area is 205 Å². The number of nitrogens with one attached hydrogen (secondary N) is 1. The minimum atomic E-state index is -0.858. The highest BCUT2D eigenvalue weighted by Crippen LogP contribution is 2.19. The van der Waals surface area contributed by atoms with E-state index in [0.717, 1.165) is 11.1 Å². The average molecular weight is 491 g/mol. The van der Waals surface area contributed by atoms with Gasteiger partial charge in [0.15, 0.2) is 0 Å². The first-order valence-corrected chi connectivity index (χ1v) is 11.4. The molecule has 0 aliphatic carbocycles. The van der Waals surface area contributed by atoms with Gasteiger partial charge in [0.2, 0.25) is 5.91 Å². The quantitative estimate of drug-likeness (QED) is 0.275. The summed E-state index contributed by atoms with van der Waals surface area (Å²) in [5.41, 5.74) is 1.69. The van der Waals surface area contributed by atoms with Gasteiger partial charge in [-0.1, -0.05) is 42.5 Å². The smallest absolute Gasteiger partial charge is 0.407 e. The molecule has 0 saturated heterocycles. The molecule has 184 valence electrons. The van der Waals surface area contributed by atoms with Crippen molar-refractivity contribution in [3.05, 3.63) is 65.7 Å². The molecule has 0 fully saturated rings. The van der Waals surface area contributed by atoms with Gasteiger partial charge >= 0.3 is 12.1 Å². The molecule has 1 N–H and O–H groups in total. The van der Waals surface area contributed by atoms with Crippen molar-refractivity contribution < 1.29 is 28.6 Å². The molecule has 2 aromatic carbocycles. The zero-order chi connectivity index (χ0) is 24.9. The van der Waals surface area contributed by atoms with Crippen LogP contribution in [0.1, 0.15) is 30.9 Å². The van der Waals surface area contributed by atoms with Crippen LogP contribution in [-0.2, 0) is 32.2 Å². The largest absolute Gasteiger partial charge is 0.497 e. The van der Waals surface area contributed by atoms with Crippen molar-refractivity contribution in [2.45, 2.75) is 44.3 Å². The second-order valence-electron chi connectivity index (χ2n) is 7.60. The van der Waals surface area contributed by atoms with Crippen LogP contribution in [0.2, 0.25) is 0 Å². The fourth-order valence-electron chi connectivity index (χ4n) is 3.29. The number of halogens is 1. The molecule has 0 saturated carbocycles. The topological polar surface area (TPSA) is 94.2 Å². The Bertz CT molecular complexity index is 921. The van der Waals surface area contributed by atoms with Gasteiger partial charge in [0, 0.05) is 13.1 Å². The Morgan fingerprint density at radius 2 is 1.68 bits per heavy atom. The maximum absolute atomic E-state index is 12.9. The number of hydrogen-bond donors (Lipinski definition) is 1. The van der Waals surface area contributed by atoms with Crippen LogP contribution in [0.4, 0.5) is 4.79 Å². The van der Waals surface area contributed by atoms with Gasteiger partial charge in [0.1, 0.15) is 23.8 Å². The van der Waals surface area contributed by atoms with E-state index in [2.05, 4.69) is 5.32 Å². The van der Waals surface area contributed by atoms with E-state index in [9.17, 15) is 14.4 Å². The van der Waals surface area contributed by atoms with Crippen LogP contribution >= 0.6 is 11.6 Å². The number of alkyl carbamates (subject to hydrolysis) is 1. The fraction of sp³-hybridized carbons (Fsp3) is 0.400. The minimum Gasteiger partial charge on any atom is -0.497 e. The highest BCUT2D eigenvalue weighted by Gasteiger charge is 2.32. The first kappa shape index (κ1) is 27.0. The Morgan fingerprint density at radius 3 is 2.26 bits per heavy atom. The van der Waals surface area contributed by atoms with Crippen molar-refractivity contribution >= 4 is 29.6 Å². The van der Waals surface area contributed by atoms with Crippen LogP contribution < -0.4 is 10.1 Å². The predicted octanol–water partition coefficient (Wildman–Crippen LogP) is 3.90. The van der Waals surface area contributed by atoms with Crippen molar-refractivity contribution in [1.82, 2.24) is 10.2 Å². The van der Waals surface area contributed by atoms with Gasteiger partial charge in [0.25, 0.3) is 0 Å². The zero-order valence-corrected chi connectivity index (χ0v) is 20.4. The molecule has 0 unspecified atom stereocenters. The molecule has 0 spiro atoms. The number of carbonyl (C=O) groups is 3. The molecule has 2 aromatic rings. The van der Waals surface area contributed by atoms with Crippen LogP contribution in [0.5, 0.6) is 5.75 Å². The molecule has 9 heteroatoms. The van der Waals surface area contributed by atoms with E-state index in [1.807, 2.05) is 42.5 Å². The van der Waals surface area contributed by atoms with Gasteiger partial charge in [0.05, 0.1) is 14.2 Å². The molecular weight excluding hydrogens is 460 g/mol. The predicted molar refractivity (Wildman–Crippen MR) is 129 cm³/mol. The maximum Gasteiger partial charge on any atom is 0.407 e. The lowest BCUT2D eigenvalue weighted by atomic mass is 10.1. The standard InChI is InChI=1S/C25H31ClN2O6/c1-18(26)23(29)28(16-19-11-13-21(32-2)14-12-19)22(24(30)33-3)10-7-15-27-25(31)34-17-20-8-5-4-6-9-20/h4-6,8-9,11-14,18,22H,7,10,15-17H2,1-3H3,(H,27,31)/t18-,22-/m0/s1. The summed E-state index contributed by atoms with van der Waals surface area (Å²) in [4.78, 5) is 38.8. The van der Waals surface area contributed by atoms with Gasteiger partial charge in [-0.3, -0.25) is 4.79 Å². The molecule has 2 amide bonds. The van der Waals surface area contributed by atoms with E-state index in [-0.39, 0.29) is 32.0 Å². The second kappa shape index (κ2) is 14.1. The summed E-state index contributed by atoms with van der Waals surface area (Å²) in [7, 11) is 2.84. The van der Waals surface area contributed by atoms with Crippen molar-refractivity contribution in [1.29, 1.82) is 0 Å². The number of ether oxygens (including phenoxy) is 3. The summed E-state index contributed by atoms with van der Waals surface area (Å²) < 4.78 is 15.3. The van der Waals surface area contributed by atoms with Crippen molar-refractivity contribution in [3.63, 3.8) is 0 Å². The number of carbonyl (C=O) groups excluding carboxylic acids is 3. The number of benzene rings is 2. The zero-order valence-electron chi connectivity index (χ0n) is 19.7. The highest BCUT2D eigenvalue weighted by molar-refractivity contribution is 6.30. The third-order valence-electron chi connectivity index (χ3n) is 5.12. The van der Waals surface area contributed by atoms with E-state index in [0.29, 0.717) is 12.2 Å². The number of nitrogens with zero attached hydrogens (tertiary/aromatic N) is 1. The van der Waals surface area contributed by atoms with Crippen LogP contribution in [-0.4, -0.2) is 55.1 Å². The van der Waals surface area contributed by atoms with E-state index in [4.69, 9.17) is 25.8 Å². The van der Waals surface area contributed by atoms with Crippen LogP contribution in [0, 0.1) is 0 Å². The van der Waals surface area contributed by atoms with Crippen LogP contribution in [0.25, 0.3) is 0 Å². The van der Waals surface area contributed by atoms with E-state index < -0.39 is 23.5 Å². The maximum atomic E-state index is 12.9. The van der Waals surface area contributed by atoms with Gasteiger partial charge in [-0.25, -0.2) is 9.59 Å². The Balaban J connectivity index is 1.98. The number of amides is 2. The third-order valence-corrected chi connectivity index (χ3v) is 5.31. The monoisotopic (exact) mass is 490 g/mol. The molecule has 8 nitrogen and oxygen atoms in total. The normalized spacial score (nSPS) is 12.2. The molecule has 0 aliphatic rings. The van der Waals surface area contributed by atoms with Gasteiger partial charge in [-0.05, 0) is 43.0 Å². The summed E-state index contributed by atoms with van der Waals surface area (Å²) in [6.07, 6.45) is 0.138. The lowest BCUT2D eigenvalue weighted by Crippen LogP contribution is -2.47. The van der Waals surface area contributed by atoms with Crippen LogP contribution in [0.3, 0.4) is 0 Å². The van der Waals surface area contributed by atoms with Crippen LogP contribution in [0.15, 0.2) is 54.6 Å². The van der Waals surface area contributed by atoms with Crippen molar-refractivity contribution in [2.75, 3.05) is 20.8 Å². The first-order valence-electron chi connectivity index (χ1n) is 11.0. The number of esters is 1. The van der Waals surface area contributed by atoms with E-state index in [1.54, 1.807) is 26.2 Å². The number of alkyl halides is 1. The molecule has 0 aromatic heterocycles. The molecule has 2 rings (SSSR count). The second-order valence-corrected chi connectivity index (χ2v) is 8.25. The third kappa shape index (κ3) is 8.59. The molecule has 0 bridgehead atoms. The number of hydrogen-bond acceptors (Lipinski definition) is 6. The summed E-state index contributed by atoms with van der Waals surface area (Å²) >= 11 is 6.08. The summed E-state index contributed by atoms with van der Waals surface area (Å²) in [6.45, 7) is 2.16. The molecule has 34 heavy (non-hydrogen) atoms. The summed E-state index contributed by atoms with van der Waals surface area (Å²) in [6, 6.07) is 15.7. The fourth-order valence-corrected chi connectivity index (χ4v) is 3.42. The molecular formula is C25H31ClN2O6. The molecule has 2 atom stereocenters. The summed E-state index contributed by atoms with van der Waals surface area (Å²) in [5, 5.41) is 1.84. The van der Waals surface area contributed by atoms with Crippen molar-refractivity contribution in [3.8, 4) is 5.75 Å². The first-order chi connectivity index (χ1) is 16.3. The minimum absolute atomic E-state index is 0.162. The van der Waals surface area contributed by atoms with Gasteiger partial charge in [-0.15, -0.1) is 11.6 Å². The van der Waals surface area contributed by atoms with E-state index in [1.165, 1.54) is 12.0 Å². The lowest BCUT2D eigenvalue weighted by Gasteiger charge is -2.31. The number of methoxy groups -OCH3 is 2. The number of rotatable bonds is 12. The molecule has 0 radical (unpaired) electrons. The van der Waals surface area contributed by atoms with Crippen molar-refractivity contribution in [2.24, 2.45) is 0 Å². The highest BCUT2D eigenvalue weighted by atomic mass is 35.5.